The summed E-state index contributed by atoms with van der Waals surface area (Å²) in [6.07, 6.45) is 18.5. The zero-order valence-electron chi connectivity index (χ0n) is 14.1. The van der Waals surface area contributed by atoms with Gasteiger partial charge in [0.2, 0.25) is 0 Å². The molecule has 0 rings (SSSR count). The Kier molecular flexibility index (Phi) is 18.8. The van der Waals surface area contributed by atoms with Crippen molar-refractivity contribution in [2.24, 2.45) is 0 Å². The van der Waals surface area contributed by atoms with Crippen molar-refractivity contribution in [1.82, 2.24) is 0 Å². The molecule has 0 aromatic carbocycles. The van der Waals surface area contributed by atoms with Gasteiger partial charge in [0, 0.05) is 0 Å². The van der Waals surface area contributed by atoms with Crippen molar-refractivity contribution in [3.63, 3.8) is 0 Å². The van der Waals surface area contributed by atoms with Crippen LogP contribution in [0.3, 0.4) is 0 Å². The van der Waals surface area contributed by atoms with Crippen LogP contribution in [-0.2, 0) is 9.78 Å². The Balaban J connectivity index is 2.89. The number of unbranched alkanes of at least 4 members (excludes halogenated alkanes) is 12. The van der Waals surface area contributed by atoms with E-state index >= 15 is 0 Å². The summed E-state index contributed by atoms with van der Waals surface area (Å²) in [6.45, 7) is 6.06. The second-order valence-electron chi connectivity index (χ2n) is 5.89. The Morgan fingerprint density at radius 1 is 0.400 bits per heavy atom. The molecule has 0 radical (unpaired) electrons. The second-order valence-corrected chi connectivity index (χ2v) is 5.89. The van der Waals surface area contributed by atoms with Crippen LogP contribution in [0.1, 0.15) is 104 Å². The van der Waals surface area contributed by atoms with Gasteiger partial charge in [-0.05, 0) is 12.8 Å². The van der Waals surface area contributed by atoms with E-state index in [-0.39, 0.29) is 0 Å². The molecular formula is C18H38O2. The molecule has 0 aromatic rings. The molecule has 0 aliphatic heterocycles. The van der Waals surface area contributed by atoms with Crippen LogP contribution in [-0.4, -0.2) is 13.2 Å². The van der Waals surface area contributed by atoms with Gasteiger partial charge in [-0.15, -0.1) is 0 Å². The van der Waals surface area contributed by atoms with Gasteiger partial charge < -0.3 is 0 Å². The minimum Gasteiger partial charge on any atom is -0.237 e. The molecule has 0 amide bonds. The maximum Gasteiger partial charge on any atom is 0.0822 e. The van der Waals surface area contributed by atoms with Gasteiger partial charge in [0.15, 0.2) is 0 Å². The summed E-state index contributed by atoms with van der Waals surface area (Å²) in [4.78, 5) is 10.4. The van der Waals surface area contributed by atoms with Crippen LogP contribution in [0, 0.1) is 0 Å². The van der Waals surface area contributed by atoms with Gasteiger partial charge >= 0.3 is 0 Å². The molecule has 0 unspecified atom stereocenters. The van der Waals surface area contributed by atoms with E-state index in [0.717, 1.165) is 26.1 Å². The highest BCUT2D eigenvalue weighted by Crippen LogP contribution is 2.08. The summed E-state index contributed by atoms with van der Waals surface area (Å²) < 4.78 is 0. The molecule has 2 heteroatoms. The van der Waals surface area contributed by atoms with E-state index in [9.17, 15) is 0 Å². The van der Waals surface area contributed by atoms with Gasteiger partial charge in [0.25, 0.3) is 0 Å². The zero-order valence-corrected chi connectivity index (χ0v) is 14.1. The van der Waals surface area contributed by atoms with E-state index in [0.29, 0.717) is 0 Å². The summed E-state index contributed by atoms with van der Waals surface area (Å²) in [5.41, 5.74) is 0. The van der Waals surface area contributed by atoms with Crippen LogP contribution < -0.4 is 0 Å². The van der Waals surface area contributed by atoms with Crippen molar-refractivity contribution >= 4 is 0 Å². The summed E-state index contributed by atoms with van der Waals surface area (Å²) in [7, 11) is 0. The molecule has 0 spiro atoms. The third kappa shape index (κ3) is 17.9. The number of hydrogen-bond donors (Lipinski definition) is 0. The fourth-order valence-corrected chi connectivity index (χ4v) is 2.35. The quantitative estimate of drug-likeness (QED) is 0.174. The van der Waals surface area contributed by atoms with E-state index in [4.69, 9.17) is 9.78 Å². The lowest BCUT2D eigenvalue weighted by molar-refractivity contribution is -0.295. The first-order valence-corrected chi connectivity index (χ1v) is 9.16. The molecule has 0 saturated carbocycles. The van der Waals surface area contributed by atoms with Crippen molar-refractivity contribution < 1.29 is 9.78 Å². The molecule has 0 N–H and O–H groups in total. The Morgan fingerprint density at radius 3 is 1.05 bits per heavy atom. The van der Waals surface area contributed by atoms with E-state index in [2.05, 4.69) is 13.8 Å². The lowest BCUT2D eigenvalue weighted by atomic mass is 10.1. The van der Waals surface area contributed by atoms with Gasteiger partial charge in [-0.2, -0.15) is 0 Å². The first-order valence-electron chi connectivity index (χ1n) is 9.16. The van der Waals surface area contributed by atoms with Crippen molar-refractivity contribution in [3.05, 3.63) is 0 Å². The molecule has 0 aromatic heterocycles. The Labute approximate surface area is 127 Å². The van der Waals surface area contributed by atoms with Gasteiger partial charge in [0.1, 0.15) is 0 Å². The maximum atomic E-state index is 5.21. The third-order valence-electron chi connectivity index (χ3n) is 3.75. The van der Waals surface area contributed by atoms with Crippen LogP contribution in [0.25, 0.3) is 0 Å². The SMILES string of the molecule is CCCCCCCCCOOCCCCCCCCC. The molecule has 0 heterocycles. The molecule has 0 aliphatic carbocycles. The van der Waals surface area contributed by atoms with Crippen molar-refractivity contribution in [2.75, 3.05) is 13.2 Å². The summed E-state index contributed by atoms with van der Waals surface area (Å²) in [5.74, 6) is 0. The second kappa shape index (κ2) is 18.9. The van der Waals surface area contributed by atoms with E-state index in [1.54, 1.807) is 0 Å². The molecule has 0 aliphatic rings. The highest BCUT2D eigenvalue weighted by molar-refractivity contribution is 4.45. The summed E-state index contributed by atoms with van der Waals surface area (Å²) >= 11 is 0. The topological polar surface area (TPSA) is 18.5 Å². The minimum atomic E-state index is 0.768. The zero-order chi connectivity index (χ0) is 14.7. The molecule has 0 fully saturated rings. The van der Waals surface area contributed by atoms with Crippen LogP contribution in [0.4, 0.5) is 0 Å². The van der Waals surface area contributed by atoms with E-state index in [1.165, 1.54) is 77.0 Å². The molecule has 0 saturated heterocycles. The van der Waals surface area contributed by atoms with Crippen LogP contribution in [0.2, 0.25) is 0 Å². The van der Waals surface area contributed by atoms with Crippen molar-refractivity contribution in [2.45, 2.75) is 104 Å². The van der Waals surface area contributed by atoms with Crippen LogP contribution in [0.5, 0.6) is 0 Å². The number of rotatable bonds is 17. The molecule has 20 heavy (non-hydrogen) atoms. The Morgan fingerprint density at radius 2 is 0.700 bits per heavy atom. The standard InChI is InChI=1S/C18H38O2/c1-3-5-7-9-11-13-15-17-19-20-18-16-14-12-10-8-6-4-2/h3-18H2,1-2H3. The summed E-state index contributed by atoms with van der Waals surface area (Å²) in [6, 6.07) is 0. The van der Waals surface area contributed by atoms with Crippen molar-refractivity contribution in [1.29, 1.82) is 0 Å². The molecule has 0 bridgehead atoms. The molecular weight excluding hydrogens is 248 g/mol. The molecule has 122 valence electrons. The average Bonchev–Trinajstić information content (AvgIpc) is 2.47. The largest absolute Gasteiger partial charge is 0.237 e. The molecule has 0 atom stereocenters. The predicted molar refractivity (Wildman–Crippen MR) is 87.9 cm³/mol. The fraction of sp³-hybridized carbons (Fsp3) is 1.00. The first-order chi connectivity index (χ1) is 9.91. The monoisotopic (exact) mass is 286 g/mol. The summed E-state index contributed by atoms with van der Waals surface area (Å²) in [5, 5.41) is 0. The minimum absolute atomic E-state index is 0.768. The van der Waals surface area contributed by atoms with Crippen molar-refractivity contribution in [3.8, 4) is 0 Å². The van der Waals surface area contributed by atoms with Crippen LogP contribution >= 0.6 is 0 Å². The highest BCUT2D eigenvalue weighted by Gasteiger charge is 1.94. The molecule has 2 nitrogen and oxygen atoms in total. The normalized spacial score (nSPS) is 11.1. The first kappa shape index (κ1) is 19.9. The van der Waals surface area contributed by atoms with Gasteiger partial charge in [-0.1, -0.05) is 90.9 Å². The van der Waals surface area contributed by atoms with Gasteiger partial charge in [-0.25, -0.2) is 9.78 Å². The Hall–Kier alpha value is -0.0800. The fourth-order valence-electron chi connectivity index (χ4n) is 2.35. The Bertz CT molecular complexity index is 141. The van der Waals surface area contributed by atoms with Gasteiger partial charge in [-0.3, -0.25) is 0 Å². The predicted octanol–water partition coefficient (Wildman–Crippen LogP) is 6.44. The number of hydrogen-bond acceptors (Lipinski definition) is 2. The van der Waals surface area contributed by atoms with Gasteiger partial charge in [0.05, 0.1) is 13.2 Å². The third-order valence-corrected chi connectivity index (χ3v) is 3.75. The lowest BCUT2D eigenvalue weighted by Gasteiger charge is -2.04. The lowest BCUT2D eigenvalue weighted by Crippen LogP contribution is -1.99. The van der Waals surface area contributed by atoms with Crippen LogP contribution in [0.15, 0.2) is 0 Å². The van der Waals surface area contributed by atoms with E-state index in [1.807, 2.05) is 0 Å². The maximum absolute atomic E-state index is 5.21. The van der Waals surface area contributed by atoms with E-state index < -0.39 is 0 Å². The smallest absolute Gasteiger partial charge is 0.0822 e. The average molecular weight is 286 g/mol. The highest BCUT2D eigenvalue weighted by atomic mass is 17.2.